The van der Waals surface area contributed by atoms with Crippen molar-refractivity contribution in [3.63, 3.8) is 0 Å². The first-order chi connectivity index (χ1) is 12.7. The van der Waals surface area contributed by atoms with Crippen molar-refractivity contribution in [1.29, 1.82) is 0 Å². The smallest absolute Gasteiger partial charge is 0.234 e. The predicted molar refractivity (Wildman–Crippen MR) is 102 cm³/mol. The Bertz CT molecular complexity index is 863. The first-order valence-corrected chi connectivity index (χ1v) is 9.41. The van der Waals surface area contributed by atoms with E-state index in [-0.39, 0.29) is 11.7 Å². The number of amides is 1. The zero-order valence-electron chi connectivity index (χ0n) is 14.7. The van der Waals surface area contributed by atoms with Gasteiger partial charge in [-0.05, 0) is 31.0 Å². The molecule has 0 fully saturated rings. The number of nitrogens with zero attached hydrogens (tertiary/aromatic N) is 5. The highest BCUT2D eigenvalue weighted by atomic mass is 32.2. The van der Waals surface area contributed by atoms with Gasteiger partial charge in [-0.15, -0.1) is 10.2 Å². The van der Waals surface area contributed by atoms with Crippen molar-refractivity contribution in [1.82, 2.24) is 24.7 Å². The number of carbonyl (C=O) groups excluding carboxylic acids is 1. The van der Waals surface area contributed by atoms with Crippen molar-refractivity contribution in [2.45, 2.75) is 32.0 Å². The van der Waals surface area contributed by atoms with Crippen LogP contribution in [0.4, 0.5) is 5.69 Å². The van der Waals surface area contributed by atoms with Gasteiger partial charge in [0.05, 0.1) is 11.9 Å². The summed E-state index contributed by atoms with van der Waals surface area (Å²) >= 11 is 1.35. The molecule has 1 aromatic carbocycles. The fraction of sp³-hybridized carbons (Fsp3) is 0.278. The van der Waals surface area contributed by atoms with Gasteiger partial charge in [0.2, 0.25) is 5.91 Å². The van der Waals surface area contributed by atoms with E-state index in [0.717, 1.165) is 12.1 Å². The Morgan fingerprint density at radius 1 is 1.15 bits per heavy atom. The standard InChI is InChI=1S/C18H20N6OS/c1-3-13-5-7-14(8-6-13)21-16(25)12-26-18-23-22-17(24(18)4-2)15-11-19-9-10-20-15/h5-11H,3-4,12H2,1-2H3,(H,21,25). The van der Waals surface area contributed by atoms with E-state index in [9.17, 15) is 4.79 Å². The maximum Gasteiger partial charge on any atom is 0.234 e. The zero-order valence-corrected chi connectivity index (χ0v) is 15.5. The first kappa shape index (κ1) is 18.1. The molecule has 134 valence electrons. The predicted octanol–water partition coefficient (Wildman–Crippen LogP) is 3.05. The van der Waals surface area contributed by atoms with E-state index in [0.29, 0.717) is 23.2 Å². The van der Waals surface area contributed by atoms with Gasteiger partial charge in [-0.3, -0.25) is 9.78 Å². The van der Waals surface area contributed by atoms with Crippen LogP contribution in [0.5, 0.6) is 0 Å². The number of aryl methyl sites for hydroxylation is 1. The van der Waals surface area contributed by atoms with Gasteiger partial charge in [0.15, 0.2) is 11.0 Å². The van der Waals surface area contributed by atoms with Crippen LogP contribution in [0.3, 0.4) is 0 Å². The second-order valence-corrected chi connectivity index (χ2v) is 6.47. The van der Waals surface area contributed by atoms with Gasteiger partial charge in [-0.25, -0.2) is 4.98 Å². The number of hydrogen-bond donors (Lipinski definition) is 1. The molecule has 0 aliphatic heterocycles. The molecule has 0 radical (unpaired) electrons. The number of nitrogens with one attached hydrogen (secondary N) is 1. The molecule has 0 spiro atoms. The summed E-state index contributed by atoms with van der Waals surface area (Å²) in [5.74, 6) is 0.832. The number of carbonyl (C=O) groups is 1. The summed E-state index contributed by atoms with van der Waals surface area (Å²) in [5, 5.41) is 12.0. The maximum atomic E-state index is 12.2. The fourth-order valence-electron chi connectivity index (χ4n) is 2.44. The molecule has 0 saturated carbocycles. The lowest BCUT2D eigenvalue weighted by Crippen LogP contribution is -2.14. The van der Waals surface area contributed by atoms with Crippen LogP contribution < -0.4 is 5.32 Å². The Labute approximate surface area is 156 Å². The highest BCUT2D eigenvalue weighted by molar-refractivity contribution is 7.99. The van der Waals surface area contributed by atoms with E-state index in [1.807, 2.05) is 35.8 Å². The molecular formula is C18H20N6OS. The normalized spacial score (nSPS) is 10.7. The lowest BCUT2D eigenvalue weighted by Gasteiger charge is -2.07. The zero-order chi connectivity index (χ0) is 18.4. The molecule has 0 saturated heterocycles. The van der Waals surface area contributed by atoms with E-state index < -0.39 is 0 Å². The minimum absolute atomic E-state index is 0.0778. The number of aromatic nitrogens is 5. The van der Waals surface area contributed by atoms with Gasteiger partial charge in [-0.1, -0.05) is 30.8 Å². The summed E-state index contributed by atoms with van der Waals surface area (Å²) in [6.45, 7) is 4.79. The quantitative estimate of drug-likeness (QED) is 0.645. The summed E-state index contributed by atoms with van der Waals surface area (Å²) in [6, 6.07) is 7.87. The van der Waals surface area contributed by atoms with Crippen molar-refractivity contribution >= 4 is 23.4 Å². The summed E-state index contributed by atoms with van der Waals surface area (Å²) < 4.78 is 1.93. The van der Waals surface area contributed by atoms with E-state index in [1.54, 1.807) is 18.6 Å². The van der Waals surface area contributed by atoms with Gasteiger partial charge >= 0.3 is 0 Å². The monoisotopic (exact) mass is 368 g/mol. The third-order valence-electron chi connectivity index (χ3n) is 3.80. The van der Waals surface area contributed by atoms with Crippen molar-refractivity contribution in [2.75, 3.05) is 11.1 Å². The molecular weight excluding hydrogens is 348 g/mol. The van der Waals surface area contributed by atoms with Crippen molar-refractivity contribution in [3.05, 3.63) is 48.4 Å². The largest absolute Gasteiger partial charge is 0.325 e. The second-order valence-electron chi connectivity index (χ2n) is 5.53. The molecule has 0 unspecified atom stereocenters. The first-order valence-electron chi connectivity index (χ1n) is 8.42. The maximum absolute atomic E-state index is 12.2. The van der Waals surface area contributed by atoms with Crippen LogP contribution in [-0.2, 0) is 17.8 Å². The Morgan fingerprint density at radius 2 is 1.96 bits per heavy atom. The number of anilines is 1. The van der Waals surface area contributed by atoms with E-state index >= 15 is 0 Å². The molecule has 3 rings (SSSR count). The van der Waals surface area contributed by atoms with Gasteiger partial charge in [-0.2, -0.15) is 0 Å². The van der Waals surface area contributed by atoms with Gasteiger partial charge < -0.3 is 9.88 Å². The van der Waals surface area contributed by atoms with Crippen LogP contribution in [0.25, 0.3) is 11.5 Å². The Balaban J connectivity index is 1.64. The average molecular weight is 368 g/mol. The summed E-state index contributed by atoms with van der Waals surface area (Å²) in [6.07, 6.45) is 5.86. The molecule has 0 atom stereocenters. The number of benzene rings is 1. The van der Waals surface area contributed by atoms with E-state index in [4.69, 9.17) is 0 Å². The summed E-state index contributed by atoms with van der Waals surface area (Å²) in [5.41, 5.74) is 2.70. The number of thioether (sulfide) groups is 1. The fourth-order valence-corrected chi connectivity index (χ4v) is 3.24. The van der Waals surface area contributed by atoms with Crippen LogP contribution in [0, 0.1) is 0 Å². The molecule has 3 aromatic rings. The van der Waals surface area contributed by atoms with Crippen molar-refractivity contribution in [3.8, 4) is 11.5 Å². The summed E-state index contributed by atoms with van der Waals surface area (Å²) in [4.78, 5) is 20.5. The Morgan fingerprint density at radius 3 is 2.62 bits per heavy atom. The average Bonchev–Trinajstić information content (AvgIpc) is 3.10. The van der Waals surface area contributed by atoms with Gasteiger partial charge in [0.25, 0.3) is 0 Å². The van der Waals surface area contributed by atoms with Crippen LogP contribution in [0.2, 0.25) is 0 Å². The number of hydrogen-bond acceptors (Lipinski definition) is 6. The second kappa shape index (κ2) is 8.57. The van der Waals surface area contributed by atoms with E-state index in [2.05, 4.69) is 32.4 Å². The minimum atomic E-state index is -0.0778. The van der Waals surface area contributed by atoms with Crippen LogP contribution >= 0.6 is 11.8 Å². The molecule has 8 heteroatoms. The Kier molecular flexibility index (Phi) is 5.96. The topological polar surface area (TPSA) is 85.6 Å². The molecule has 7 nitrogen and oxygen atoms in total. The summed E-state index contributed by atoms with van der Waals surface area (Å²) in [7, 11) is 0. The van der Waals surface area contributed by atoms with Crippen LogP contribution in [0.15, 0.2) is 48.0 Å². The lowest BCUT2D eigenvalue weighted by atomic mass is 10.1. The molecule has 1 amide bonds. The molecule has 26 heavy (non-hydrogen) atoms. The molecule has 1 N–H and O–H groups in total. The molecule has 0 aliphatic rings. The van der Waals surface area contributed by atoms with Crippen molar-refractivity contribution < 1.29 is 4.79 Å². The molecule has 0 bridgehead atoms. The lowest BCUT2D eigenvalue weighted by molar-refractivity contribution is -0.113. The SMILES string of the molecule is CCc1ccc(NC(=O)CSc2nnc(-c3cnccn3)n2CC)cc1. The molecule has 0 aliphatic carbocycles. The number of rotatable bonds is 7. The highest BCUT2D eigenvalue weighted by Crippen LogP contribution is 2.22. The highest BCUT2D eigenvalue weighted by Gasteiger charge is 2.15. The van der Waals surface area contributed by atoms with E-state index in [1.165, 1.54) is 17.3 Å². The van der Waals surface area contributed by atoms with Gasteiger partial charge in [0, 0.05) is 24.6 Å². The molecule has 2 aromatic heterocycles. The minimum Gasteiger partial charge on any atom is -0.325 e. The van der Waals surface area contributed by atoms with Gasteiger partial charge in [0.1, 0.15) is 5.69 Å². The van der Waals surface area contributed by atoms with Crippen LogP contribution in [-0.4, -0.2) is 36.4 Å². The Hall–Kier alpha value is -2.74. The third-order valence-corrected chi connectivity index (χ3v) is 4.77. The molecule has 2 heterocycles. The van der Waals surface area contributed by atoms with Crippen molar-refractivity contribution in [2.24, 2.45) is 0 Å². The third kappa shape index (κ3) is 4.26. The van der Waals surface area contributed by atoms with Crippen LogP contribution in [0.1, 0.15) is 19.4 Å².